The molecule has 1 nitrogen and oxygen atoms in total. The molecule has 0 fully saturated rings. The minimum absolute atomic E-state index is 0.112. The molecule has 0 amide bonds. The van der Waals surface area contributed by atoms with Crippen molar-refractivity contribution in [2.24, 2.45) is 0 Å². The van der Waals surface area contributed by atoms with Gasteiger partial charge in [-0.3, -0.25) is 4.98 Å². The van der Waals surface area contributed by atoms with E-state index in [2.05, 4.69) is 56.1 Å². The van der Waals surface area contributed by atoms with Crippen LogP contribution in [0.5, 0.6) is 0 Å². The van der Waals surface area contributed by atoms with Gasteiger partial charge < -0.3 is 0 Å². The second kappa shape index (κ2) is 5.11. The van der Waals surface area contributed by atoms with Crippen LogP contribution in [0.1, 0.15) is 40.3 Å². The van der Waals surface area contributed by atoms with Crippen molar-refractivity contribution in [3.8, 4) is 0 Å². The molecule has 0 radical (unpaired) electrons. The molecule has 0 unspecified atom stereocenters. The van der Waals surface area contributed by atoms with E-state index in [1.807, 2.05) is 20.0 Å². The molecule has 0 bridgehead atoms. The molecular weight excluding hydrogens is 194 g/mol. The van der Waals surface area contributed by atoms with Gasteiger partial charge in [-0.25, -0.2) is 0 Å². The third-order valence-corrected chi connectivity index (χ3v) is 2.38. The van der Waals surface area contributed by atoms with Crippen molar-refractivity contribution >= 4 is 10.8 Å². The van der Waals surface area contributed by atoms with Gasteiger partial charge in [-0.1, -0.05) is 58.9 Å². The first-order valence-electron chi connectivity index (χ1n) is 5.93. The van der Waals surface area contributed by atoms with Gasteiger partial charge in [0.2, 0.25) is 0 Å². The summed E-state index contributed by atoms with van der Waals surface area (Å²) in [4.78, 5) is 4.48. The highest BCUT2D eigenvalue weighted by Gasteiger charge is 2.17. The van der Waals surface area contributed by atoms with Gasteiger partial charge in [0.25, 0.3) is 0 Å². The SMILES string of the molecule is CC.CC(C)(C)c1nccc2ccccc12. The van der Waals surface area contributed by atoms with Gasteiger partial charge >= 0.3 is 0 Å². The van der Waals surface area contributed by atoms with Crippen molar-refractivity contribution in [1.82, 2.24) is 4.98 Å². The number of fused-ring (bicyclic) bond motifs is 1. The third kappa shape index (κ3) is 2.60. The van der Waals surface area contributed by atoms with Crippen molar-refractivity contribution < 1.29 is 0 Å². The predicted octanol–water partition coefficient (Wildman–Crippen LogP) is 4.56. The van der Waals surface area contributed by atoms with Crippen molar-refractivity contribution in [3.63, 3.8) is 0 Å². The zero-order valence-electron chi connectivity index (χ0n) is 10.9. The summed E-state index contributed by atoms with van der Waals surface area (Å²) in [6.07, 6.45) is 1.89. The largest absolute Gasteiger partial charge is 0.260 e. The van der Waals surface area contributed by atoms with Gasteiger partial charge in [0.15, 0.2) is 0 Å². The number of nitrogens with zero attached hydrogens (tertiary/aromatic N) is 1. The highest BCUT2D eigenvalue weighted by molar-refractivity contribution is 5.85. The molecule has 1 aromatic heterocycles. The zero-order valence-corrected chi connectivity index (χ0v) is 10.9. The van der Waals surface area contributed by atoms with Crippen LogP contribution in [-0.2, 0) is 5.41 Å². The van der Waals surface area contributed by atoms with Gasteiger partial charge in [0.1, 0.15) is 0 Å². The lowest BCUT2D eigenvalue weighted by molar-refractivity contribution is 0.575. The maximum Gasteiger partial charge on any atom is 0.0535 e. The van der Waals surface area contributed by atoms with Crippen LogP contribution in [0.25, 0.3) is 10.8 Å². The molecule has 1 aromatic carbocycles. The number of rotatable bonds is 0. The third-order valence-electron chi connectivity index (χ3n) is 2.38. The Morgan fingerprint density at radius 1 is 0.938 bits per heavy atom. The summed E-state index contributed by atoms with van der Waals surface area (Å²) in [6.45, 7) is 10.6. The Hall–Kier alpha value is -1.37. The van der Waals surface area contributed by atoms with E-state index in [1.165, 1.54) is 16.5 Å². The topological polar surface area (TPSA) is 12.9 Å². The second-order valence-corrected chi connectivity index (χ2v) is 4.63. The first kappa shape index (κ1) is 12.7. The molecule has 0 saturated carbocycles. The smallest absolute Gasteiger partial charge is 0.0535 e. The molecule has 16 heavy (non-hydrogen) atoms. The fourth-order valence-electron chi connectivity index (χ4n) is 1.72. The van der Waals surface area contributed by atoms with E-state index in [0.29, 0.717) is 0 Å². The molecule has 1 heteroatoms. The van der Waals surface area contributed by atoms with Crippen LogP contribution in [0.15, 0.2) is 36.5 Å². The fraction of sp³-hybridized carbons (Fsp3) is 0.400. The van der Waals surface area contributed by atoms with E-state index in [4.69, 9.17) is 0 Å². The number of aromatic nitrogens is 1. The first-order valence-corrected chi connectivity index (χ1v) is 5.93. The van der Waals surface area contributed by atoms with Crippen molar-refractivity contribution in [2.45, 2.75) is 40.0 Å². The van der Waals surface area contributed by atoms with Gasteiger partial charge in [-0.15, -0.1) is 0 Å². The molecule has 0 spiro atoms. The van der Waals surface area contributed by atoms with Gasteiger partial charge in [-0.2, -0.15) is 0 Å². The quantitative estimate of drug-likeness (QED) is 0.628. The maximum atomic E-state index is 4.48. The Morgan fingerprint density at radius 3 is 2.19 bits per heavy atom. The lowest BCUT2D eigenvalue weighted by Gasteiger charge is -2.19. The Bertz CT molecular complexity index is 447. The van der Waals surface area contributed by atoms with Crippen LogP contribution >= 0.6 is 0 Å². The summed E-state index contributed by atoms with van der Waals surface area (Å²) < 4.78 is 0. The molecule has 1 heterocycles. The van der Waals surface area contributed by atoms with Crippen LogP contribution < -0.4 is 0 Å². The Labute approximate surface area is 98.5 Å². The Balaban J connectivity index is 0.000000606. The monoisotopic (exact) mass is 215 g/mol. The highest BCUT2D eigenvalue weighted by atomic mass is 14.7. The Morgan fingerprint density at radius 2 is 1.56 bits per heavy atom. The van der Waals surface area contributed by atoms with Crippen molar-refractivity contribution in [1.29, 1.82) is 0 Å². The average molecular weight is 215 g/mol. The maximum absolute atomic E-state index is 4.48. The van der Waals surface area contributed by atoms with Crippen LogP contribution in [0.3, 0.4) is 0 Å². The fourth-order valence-corrected chi connectivity index (χ4v) is 1.72. The lowest BCUT2D eigenvalue weighted by Crippen LogP contribution is -2.13. The molecule has 0 N–H and O–H groups in total. The molecular formula is C15H21N. The van der Waals surface area contributed by atoms with Gasteiger partial charge in [0, 0.05) is 17.0 Å². The van der Waals surface area contributed by atoms with Crippen LogP contribution in [-0.4, -0.2) is 4.98 Å². The Kier molecular flexibility index (Phi) is 4.05. The number of hydrogen-bond acceptors (Lipinski definition) is 1. The summed E-state index contributed by atoms with van der Waals surface area (Å²) >= 11 is 0. The molecule has 0 aliphatic heterocycles. The molecule has 2 rings (SSSR count). The van der Waals surface area contributed by atoms with E-state index >= 15 is 0 Å². The molecule has 0 atom stereocenters. The normalized spacial score (nSPS) is 10.8. The van der Waals surface area contributed by atoms with Crippen LogP contribution in [0, 0.1) is 0 Å². The number of benzene rings is 1. The molecule has 86 valence electrons. The number of pyridine rings is 1. The van der Waals surface area contributed by atoms with Crippen molar-refractivity contribution in [3.05, 3.63) is 42.2 Å². The summed E-state index contributed by atoms with van der Waals surface area (Å²) in [6, 6.07) is 10.5. The highest BCUT2D eigenvalue weighted by Crippen LogP contribution is 2.27. The summed E-state index contributed by atoms with van der Waals surface area (Å²) in [5.41, 5.74) is 1.29. The summed E-state index contributed by atoms with van der Waals surface area (Å²) in [5, 5.41) is 2.54. The zero-order chi connectivity index (χ0) is 12.2. The van der Waals surface area contributed by atoms with Crippen LogP contribution in [0.4, 0.5) is 0 Å². The second-order valence-electron chi connectivity index (χ2n) is 4.63. The minimum atomic E-state index is 0.112. The standard InChI is InChI=1S/C13H15N.C2H6/c1-13(2,3)12-11-7-5-4-6-10(11)8-9-14-12;1-2/h4-9H,1-3H3;1-2H3. The predicted molar refractivity (Wildman–Crippen MR) is 71.8 cm³/mol. The van der Waals surface area contributed by atoms with E-state index in [0.717, 1.165) is 0 Å². The summed E-state index contributed by atoms with van der Waals surface area (Å²) in [5.74, 6) is 0. The average Bonchev–Trinajstić information content (AvgIpc) is 2.30. The van der Waals surface area contributed by atoms with E-state index in [9.17, 15) is 0 Å². The minimum Gasteiger partial charge on any atom is -0.260 e. The van der Waals surface area contributed by atoms with E-state index < -0.39 is 0 Å². The van der Waals surface area contributed by atoms with Gasteiger partial charge in [-0.05, 0) is 11.5 Å². The van der Waals surface area contributed by atoms with E-state index in [1.54, 1.807) is 0 Å². The number of hydrogen-bond donors (Lipinski definition) is 0. The first-order chi connectivity index (χ1) is 7.59. The van der Waals surface area contributed by atoms with Crippen molar-refractivity contribution in [2.75, 3.05) is 0 Å². The molecule has 2 aromatic rings. The molecule has 0 aliphatic rings. The summed E-state index contributed by atoms with van der Waals surface area (Å²) in [7, 11) is 0. The lowest BCUT2D eigenvalue weighted by atomic mass is 9.88. The molecule has 0 aliphatic carbocycles. The molecule has 0 saturated heterocycles. The van der Waals surface area contributed by atoms with Gasteiger partial charge in [0.05, 0.1) is 5.69 Å². The van der Waals surface area contributed by atoms with E-state index in [-0.39, 0.29) is 5.41 Å². The van der Waals surface area contributed by atoms with Crippen LogP contribution in [0.2, 0.25) is 0 Å².